The maximum atomic E-state index is 12.4. The first kappa shape index (κ1) is 18.0. The van der Waals surface area contributed by atoms with E-state index in [0.29, 0.717) is 29.3 Å². The molecule has 5 nitrogen and oxygen atoms in total. The predicted molar refractivity (Wildman–Crippen MR) is 93.4 cm³/mol. The molecule has 0 aliphatic heterocycles. The normalized spacial score (nSPS) is 11.0. The molecule has 0 fully saturated rings. The number of rotatable bonds is 6. The fourth-order valence-corrected chi connectivity index (χ4v) is 2.90. The van der Waals surface area contributed by atoms with Crippen molar-refractivity contribution in [2.45, 2.75) is 46.5 Å². The summed E-state index contributed by atoms with van der Waals surface area (Å²) < 4.78 is 12.1. The van der Waals surface area contributed by atoms with Crippen LogP contribution in [0.1, 0.15) is 45.7 Å². The molecule has 24 heavy (non-hydrogen) atoms. The van der Waals surface area contributed by atoms with E-state index in [2.05, 4.69) is 13.8 Å². The minimum atomic E-state index is -0.467. The average molecular weight is 331 g/mol. The molecule has 0 saturated carbocycles. The lowest BCUT2D eigenvalue weighted by molar-refractivity contribution is -0.134. The smallest absolute Gasteiger partial charge is 0.418 e. The molecule has 0 unspecified atom stereocenters. The van der Waals surface area contributed by atoms with Crippen molar-refractivity contribution in [3.05, 3.63) is 30.0 Å². The van der Waals surface area contributed by atoms with Crippen LogP contribution in [-0.4, -0.2) is 23.7 Å². The maximum Gasteiger partial charge on any atom is 0.418 e. The number of benzene rings is 1. The van der Waals surface area contributed by atoms with E-state index in [0.717, 1.165) is 18.2 Å². The zero-order valence-corrected chi connectivity index (χ0v) is 14.8. The van der Waals surface area contributed by atoms with Crippen LogP contribution < -0.4 is 4.74 Å². The topological polar surface area (TPSA) is 57.5 Å². The van der Waals surface area contributed by atoms with Crippen molar-refractivity contribution in [2.24, 2.45) is 5.92 Å². The van der Waals surface area contributed by atoms with Crippen molar-refractivity contribution in [1.82, 2.24) is 4.57 Å². The van der Waals surface area contributed by atoms with Crippen molar-refractivity contribution < 1.29 is 19.1 Å². The van der Waals surface area contributed by atoms with Crippen LogP contribution in [0, 0.1) is 5.92 Å². The fraction of sp³-hybridized carbons (Fsp3) is 0.474. The van der Waals surface area contributed by atoms with Gasteiger partial charge in [0.25, 0.3) is 0 Å². The van der Waals surface area contributed by atoms with E-state index < -0.39 is 6.09 Å². The van der Waals surface area contributed by atoms with E-state index in [9.17, 15) is 9.59 Å². The molecule has 0 amide bonds. The van der Waals surface area contributed by atoms with Gasteiger partial charge >= 0.3 is 12.1 Å². The van der Waals surface area contributed by atoms with E-state index in [1.54, 1.807) is 6.92 Å². The van der Waals surface area contributed by atoms with Crippen molar-refractivity contribution in [2.75, 3.05) is 7.11 Å². The first-order valence-electron chi connectivity index (χ1n) is 8.48. The molecule has 130 valence electrons. The molecule has 0 N–H and O–H groups in total. The van der Waals surface area contributed by atoms with Gasteiger partial charge in [0.1, 0.15) is 0 Å². The average Bonchev–Trinajstić information content (AvgIpc) is 2.92. The maximum absolute atomic E-state index is 12.4. The summed E-state index contributed by atoms with van der Waals surface area (Å²) in [4.78, 5) is 24.3. The van der Waals surface area contributed by atoms with Crippen molar-refractivity contribution >= 4 is 23.0 Å². The number of ether oxygens (including phenoxy) is 2. The summed E-state index contributed by atoms with van der Waals surface area (Å²) in [5.41, 5.74) is 1.41. The summed E-state index contributed by atoms with van der Waals surface area (Å²) in [7, 11) is 1.36. The van der Waals surface area contributed by atoms with Gasteiger partial charge in [-0.2, -0.15) is 0 Å². The Labute approximate surface area is 142 Å². The summed E-state index contributed by atoms with van der Waals surface area (Å²) in [5, 5.41) is 0.755. The third-order valence-corrected chi connectivity index (χ3v) is 4.42. The summed E-state index contributed by atoms with van der Waals surface area (Å²) in [6.07, 6.45) is 2.44. The Hall–Kier alpha value is -2.30. The Balaban J connectivity index is 2.69. The van der Waals surface area contributed by atoms with Crippen LogP contribution in [0.15, 0.2) is 24.3 Å². The SMILES string of the molecule is CCC(=O)Oc1c(CC(CC)CC)n(C(=O)OC)c2ccccc12. The number of fused-ring (bicyclic) bond motifs is 1. The summed E-state index contributed by atoms with van der Waals surface area (Å²) in [6.45, 7) is 6.00. The van der Waals surface area contributed by atoms with E-state index in [4.69, 9.17) is 9.47 Å². The molecule has 0 saturated heterocycles. The van der Waals surface area contributed by atoms with Crippen LogP contribution in [0.2, 0.25) is 0 Å². The first-order chi connectivity index (χ1) is 11.6. The number of esters is 1. The molecule has 0 radical (unpaired) electrons. The second-order valence-corrected chi connectivity index (χ2v) is 5.81. The highest BCUT2D eigenvalue weighted by Crippen LogP contribution is 2.36. The number of nitrogens with zero attached hydrogens (tertiary/aromatic N) is 1. The Bertz CT molecular complexity index is 728. The number of hydrogen-bond acceptors (Lipinski definition) is 4. The van der Waals surface area contributed by atoms with Gasteiger partial charge in [0.2, 0.25) is 0 Å². The largest absolute Gasteiger partial charge is 0.452 e. The molecular formula is C19H25NO4. The molecular weight excluding hydrogens is 306 g/mol. The number of carbonyl (C=O) groups excluding carboxylic acids is 2. The van der Waals surface area contributed by atoms with Gasteiger partial charge in [-0.1, -0.05) is 45.7 Å². The second kappa shape index (κ2) is 7.99. The quantitative estimate of drug-likeness (QED) is 0.729. The zero-order valence-electron chi connectivity index (χ0n) is 14.8. The van der Waals surface area contributed by atoms with Crippen LogP contribution in [0.3, 0.4) is 0 Å². The second-order valence-electron chi connectivity index (χ2n) is 5.81. The van der Waals surface area contributed by atoms with Gasteiger partial charge in [-0.15, -0.1) is 0 Å². The number of hydrogen-bond donors (Lipinski definition) is 0. The molecule has 1 heterocycles. The number of carbonyl (C=O) groups is 2. The lowest BCUT2D eigenvalue weighted by Gasteiger charge is -2.15. The lowest BCUT2D eigenvalue weighted by atomic mass is 9.97. The Kier molecular flexibility index (Phi) is 6.01. The van der Waals surface area contributed by atoms with Gasteiger partial charge in [0.15, 0.2) is 5.75 Å². The van der Waals surface area contributed by atoms with Crippen LogP contribution in [0.4, 0.5) is 4.79 Å². The van der Waals surface area contributed by atoms with E-state index in [-0.39, 0.29) is 12.4 Å². The molecule has 0 spiro atoms. The number of aromatic nitrogens is 1. The van der Waals surface area contributed by atoms with Crippen molar-refractivity contribution in [3.63, 3.8) is 0 Å². The Morgan fingerprint density at radius 1 is 1.12 bits per heavy atom. The van der Waals surface area contributed by atoms with Crippen LogP contribution in [0.25, 0.3) is 10.9 Å². The highest BCUT2D eigenvalue weighted by molar-refractivity contribution is 5.97. The summed E-state index contributed by atoms with van der Waals surface area (Å²) in [5.74, 6) is 0.570. The van der Waals surface area contributed by atoms with Gasteiger partial charge in [-0.3, -0.25) is 4.79 Å². The van der Waals surface area contributed by atoms with Gasteiger partial charge in [0.05, 0.1) is 18.3 Å². The van der Waals surface area contributed by atoms with E-state index in [1.165, 1.54) is 11.7 Å². The zero-order chi connectivity index (χ0) is 17.7. The summed E-state index contributed by atoms with van der Waals surface area (Å²) in [6, 6.07) is 7.43. The molecule has 0 atom stereocenters. The highest BCUT2D eigenvalue weighted by Gasteiger charge is 2.25. The molecule has 1 aromatic carbocycles. The lowest BCUT2D eigenvalue weighted by Crippen LogP contribution is -2.18. The molecule has 2 rings (SSSR count). The van der Waals surface area contributed by atoms with Crippen molar-refractivity contribution in [1.29, 1.82) is 0 Å². The standard InChI is InChI=1S/C19H25NO4/c1-5-13(6-2)12-16-18(24-17(21)7-3)14-10-8-9-11-15(14)20(16)19(22)23-4/h8-11,13H,5-7,12H2,1-4H3. The van der Waals surface area contributed by atoms with Gasteiger partial charge < -0.3 is 9.47 Å². The number of methoxy groups -OCH3 is 1. The van der Waals surface area contributed by atoms with Crippen molar-refractivity contribution in [3.8, 4) is 5.75 Å². The van der Waals surface area contributed by atoms with Gasteiger partial charge in [-0.25, -0.2) is 9.36 Å². The third-order valence-electron chi connectivity index (χ3n) is 4.42. The molecule has 0 bridgehead atoms. The minimum Gasteiger partial charge on any atom is -0.452 e. The summed E-state index contributed by atoms with van der Waals surface area (Å²) >= 11 is 0. The minimum absolute atomic E-state index is 0.280. The first-order valence-corrected chi connectivity index (χ1v) is 8.48. The fourth-order valence-electron chi connectivity index (χ4n) is 2.90. The molecule has 5 heteroatoms. The van der Waals surface area contributed by atoms with Crippen LogP contribution in [-0.2, 0) is 16.0 Å². The number of para-hydroxylation sites is 1. The van der Waals surface area contributed by atoms with E-state index >= 15 is 0 Å². The Morgan fingerprint density at radius 3 is 2.38 bits per heavy atom. The molecule has 0 aliphatic carbocycles. The van der Waals surface area contributed by atoms with Gasteiger partial charge in [-0.05, 0) is 24.5 Å². The molecule has 2 aromatic rings. The van der Waals surface area contributed by atoms with E-state index in [1.807, 2.05) is 24.3 Å². The third kappa shape index (κ3) is 3.45. The van der Waals surface area contributed by atoms with Crippen LogP contribution in [0.5, 0.6) is 5.75 Å². The Morgan fingerprint density at radius 2 is 1.79 bits per heavy atom. The molecule has 0 aliphatic rings. The monoisotopic (exact) mass is 331 g/mol. The highest BCUT2D eigenvalue weighted by atomic mass is 16.5. The van der Waals surface area contributed by atoms with Crippen LogP contribution >= 0.6 is 0 Å². The molecule has 1 aromatic heterocycles. The van der Waals surface area contributed by atoms with Gasteiger partial charge in [0, 0.05) is 11.8 Å². The predicted octanol–water partition coefficient (Wildman–Crippen LogP) is 4.55.